The number of carboxylic acid groups (broad SMARTS) is 1. The van der Waals surface area contributed by atoms with E-state index in [-0.39, 0.29) is 57.3 Å². The molecule has 0 amide bonds. The van der Waals surface area contributed by atoms with Gasteiger partial charge in [0.1, 0.15) is 0 Å². The van der Waals surface area contributed by atoms with Crippen molar-refractivity contribution in [3.05, 3.63) is 0 Å². The Morgan fingerprint density at radius 1 is 1.27 bits per heavy atom. The second-order valence-corrected chi connectivity index (χ2v) is 3.60. The largest absolute Gasteiger partial charge is 1.00 e. The van der Waals surface area contributed by atoms with Crippen LogP contribution in [0, 0.1) is 17.8 Å². The van der Waals surface area contributed by atoms with Gasteiger partial charge in [0.25, 0.3) is 0 Å². The number of rotatable bonds is 1. The van der Waals surface area contributed by atoms with E-state index in [9.17, 15) is 9.90 Å². The third-order valence-electron chi connectivity index (χ3n) is 3.04. The van der Waals surface area contributed by atoms with Gasteiger partial charge in [0, 0.05) is 11.9 Å². The fraction of sp³-hybridized carbons (Fsp3) is 0.875. The molecule has 3 heteroatoms. The van der Waals surface area contributed by atoms with Gasteiger partial charge in [-0.3, -0.25) is 0 Å². The van der Waals surface area contributed by atoms with E-state index in [1.807, 2.05) is 0 Å². The molecule has 0 aromatic rings. The molecule has 0 saturated heterocycles. The zero-order valence-corrected chi connectivity index (χ0v) is 10.0. The summed E-state index contributed by atoms with van der Waals surface area (Å²) in [4.78, 5) is 10.5. The van der Waals surface area contributed by atoms with Gasteiger partial charge in [-0.1, -0.05) is 6.42 Å². The van der Waals surface area contributed by atoms with Gasteiger partial charge in [-0.2, -0.15) is 0 Å². The Labute approximate surface area is 109 Å². The van der Waals surface area contributed by atoms with Crippen molar-refractivity contribution in [2.75, 3.05) is 0 Å². The van der Waals surface area contributed by atoms with Gasteiger partial charge in [0.2, 0.25) is 0 Å². The number of aliphatic carboxylic acids is 1. The Bertz CT molecular complexity index is 169. The number of carbonyl (C=O) groups is 1. The minimum Gasteiger partial charge on any atom is -0.550 e. The van der Waals surface area contributed by atoms with E-state index in [1.54, 1.807) is 0 Å². The Balaban J connectivity index is 0.000000605. The van der Waals surface area contributed by atoms with E-state index >= 15 is 0 Å². The summed E-state index contributed by atoms with van der Waals surface area (Å²) in [5, 5.41) is 10.5. The van der Waals surface area contributed by atoms with Crippen molar-refractivity contribution in [2.24, 2.45) is 17.8 Å². The summed E-state index contributed by atoms with van der Waals surface area (Å²) in [5.74, 6) is 0.272. The molecule has 0 spiro atoms. The van der Waals surface area contributed by atoms with Gasteiger partial charge in [0.15, 0.2) is 0 Å². The van der Waals surface area contributed by atoms with Crippen LogP contribution in [0.1, 0.15) is 25.7 Å². The zero-order chi connectivity index (χ0) is 7.14. The first kappa shape index (κ1) is 10.2. The molecule has 11 heavy (non-hydrogen) atoms. The Kier molecular flexibility index (Phi) is 3.59. The molecule has 3 atom stereocenters. The van der Waals surface area contributed by atoms with Gasteiger partial charge >= 0.3 is 51.4 Å². The quantitative estimate of drug-likeness (QED) is 0.406. The van der Waals surface area contributed by atoms with Gasteiger partial charge in [-0.05, 0) is 31.1 Å². The van der Waals surface area contributed by atoms with E-state index in [1.165, 1.54) is 6.42 Å². The topological polar surface area (TPSA) is 40.1 Å². The van der Waals surface area contributed by atoms with Crippen LogP contribution in [0.15, 0.2) is 0 Å². The van der Waals surface area contributed by atoms with Crippen LogP contribution < -0.4 is 56.5 Å². The molecule has 0 heterocycles. The smallest absolute Gasteiger partial charge is 0.550 e. The summed E-state index contributed by atoms with van der Waals surface area (Å²) < 4.78 is 0. The van der Waals surface area contributed by atoms with Crippen LogP contribution in [-0.4, -0.2) is 5.97 Å². The van der Waals surface area contributed by atoms with Crippen molar-refractivity contribution in [2.45, 2.75) is 25.7 Å². The van der Waals surface area contributed by atoms with E-state index in [2.05, 4.69) is 0 Å². The van der Waals surface area contributed by atoms with Crippen molar-refractivity contribution in [1.29, 1.82) is 0 Å². The first-order chi connectivity index (χ1) is 4.77. The van der Waals surface area contributed by atoms with Crippen LogP contribution in [0.2, 0.25) is 0 Å². The van der Waals surface area contributed by atoms with Crippen LogP contribution in [0.25, 0.3) is 0 Å². The van der Waals surface area contributed by atoms with Gasteiger partial charge in [0.05, 0.1) is 0 Å². The Morgan fingerprint density at radius 2 is 2.00 bits per heavy atom. The summed E-state index contributed by atoms with van der Waals surface area (Å²) in [6.07, 6.45) is 4.43. The van der Waals surface area contributed by atoms with E-state index in [0.717, 1.165) is 19.3 Å². The van der Waals surface area contributed by atoms with Gasteiger partial charge < -0.3 is 9.90 Å². The van der Waals surface area contributed by atoms with E-state index in [0.29, 0.717) is 11.8 Å². The fourth-order valence-electron chi connectivity index (χ4n) is 2.53. The number of hydrogen-bond acceptors (Lipinski definition) is 2. The molecule has 2 saturated carbocycles. The second kappa shape index (κ2) is 3.88. The third kappa shape index (κ3) is 1.88. The average Bonchev–Trinajstić information content (AvgIpc) is 2.44. The maximum atomic E-state index is 10.5. The fourth-order valence-corrected chi connectivity index (χ4v) is 2.53. The molecule has 0 radical (unpaired) electrons. The van der Waals surface area contributed by atoms with Crippen LogP contribution in [0.5, 0.6) is 0 Å². The molecule has 2 rings (SSSR count). The minimum absolute atomic E-state index is 0. The molecule has 0 aromatic carbocycles. The summed E-state index contributed by atoms with van der Waals surface area (Å²) >= 11 is 0. The number of fused-ring (bicyclic) bond motifs is 2. The van der Waals surface area contributed by atoms with Crippen molar-refractivity contribution >= 4 is 5.97 Å². The van der Waals surface area contributed by atoms with Crippen molar-refractivity contribution in [3.63, 3.8) is 0 Å². The SMILES string of the molecule is O=C([O-])C1CC2CCC1C2.[K+]. The first-order valence-corrected chi connectivity index (χ1v) is 3.98. The van der Waals surface area contributed by atoms with E-state index < -0.39 is 5.97 Å². The molecule has 2 aliphatic rings. The number of carboxylic acids is 1. The van der Waals surface area contributed by atoms with Crippen molar-refractivity contribution in [1.82, 2.24) is 0 Å². The predicted molar refractivity (Wildman–Crippen MR) is 33.9 cm³/mol. The Morgan fingerprint density at radius 3 is 2.27 bits per heavy atom. The molecule has 0 aliphatic heterocycles. The molecule has 3 unspecified atom stereocenters. The molecule has 2 aliphatic carbocycles. The predicted octanol–water partition coefficient (Wildman–Crippen LogP) is -2.82. The van der Waals surface area contributed by atoms with Gasteiger partial charge in [-0.15, -0.1) is 0 Å². The van der Waals surface area contributed by atoms with Crippen LogP contribution in [0.4, 0.5) is 0 Å². The zero-order valence-electron chi connectivity index (χ0n) is 6.88. The minimum atomic E-state index is -0.813. The maximum Gasteiger partial charge on any atom is 1.00 e. The monoisotopic (exact) mass is 178 g/mol. The second-order valence-electron chi connectivity index (χ2n) is 3.60. The van der Waals surface area contributed by atoms with E-state index in [4.69, 9.17) is 0 Å². The third-order valence-corrected chi connectivity index (χ3v) is 3.04. The molecule has 2 nitrogen and oxygen atoms in total. The number of hydrogen-bond donors (Lipinski definition) is 0. The van der Waals surface area contributed by atoms with Crippen LogP contribution in [0.3, 0.4) is 0 Å². The molecule has 0 aromatic heterocycles. The molecular weight excluding hydrogens is 167 g/mol. The van der Waals surface area contributed by atoms with Crippen LogP contribution in [-0.2, 0) is 4.79 Å². The molecule has 56 valence electrons. The van der Waals surface area contributed by atoms with Crippen molar-refractivity contribution < 1.29 is 61.3 Å². The van der Waals surface area contributed by atoms with Gasteiger partial charge in [-0.25, -0.2) is 0 Å². The number of carbonyl (C=O) groups excluding carboxylic acids is 1. The summed E-state index contributed by atoms with van der Waals surface area (Å²) in [7, 11) is 0. The summed E-state index contributed by atoms with van der Waals surface area (Å²) in [5.41, 5.74) is 0. The molecule has 0 N–H and O–H groups in total. The molecule has 2 fully saturated rings. The first-order valence-electron chi connectivity index (χ1n) is 3.98. The Hall–Kier alpha value is 1.11. The van der Waals surface area contributed by atoms with Crippen LogP contribution >= 0.6 is 0 Å². The maximum absolute atomic E-state index is 10.5. The van der Waals surface area contributed by atoms with Crippen molar-refractivity contribution in [3.8, 4) is 0 Å². The summed E-state index contributed by atoms with van der Waals surface area (Å²) in [6.45, 7) is 0. The normalized spacial score (nSPS) is 40.2. The standard InChI is InChI=1S/C8H12O2.K/c9-8(10)7-4-5-1-2-6(7)3-5;/h5-7H,1-4H2,(H,9,10);/q;+1/p-1. The molecule has 2 bridgehead atoms. The average molecular weight is 178 g/mol. The summed E-state index contributed by atoms with van der Waals surface area (Å²) in [6, 6.07) is 0. The molecular formula is C8H11KO2.